The fourth-order valence-electron chi connectivity index (χ4n) is 3.02. The van der Waals surface area contributed by atoms with Gasteiger partial charge in [-0.15, -0.1) is 0 Å². The summed E-state index contributed by atoms with van der Waals surface area (Å²) in [4.78, 5) is 4.88. The third kappa shape index (κ3) is 3.76. The summed E-state index contributed by atoms with van der Waals surface area (Å²) in [7, 11) is 3.90. The van der Waals surface area contributed by atoms with Crippen LogP contribution in [-0.4, -0.2) is 55.7 Å². The third-order valence-corrected chi connectivity index (χ3v) is 4.64. The number of benzene rings is 1. The normalized spacial score (nSPS) is 21.2. The number of rotatable bonds is 4. The number of ether oxygens (including phenoxy) is 1. The molecule has 1 fully saturated rings. The average Bonchev–Trinajstić information content (AvgIpc) is 2.42. The number of methoxy groups -OCH3 is 1. The van der Waals surface area contributed by atoms with E-state index in [4.69, 9.17) is 10.5 Å². The van der Waals surface area contributed by atoms with E-state index in [-0.39, 0.29) is 11.6 Å². The van der Waals surface area contributed by atoms with Crippen LogP contribution >= 0.6 is 0 Å². The van der Waals surface area contributed by atoms with E-state index >= 15 is 0 Å². The Kier molecular flexibility index (Phi) is 4.91. The molecule has 1 heterocycles. The number of likely N-dealkylation sites (N-methyl/N-ethyl adjacent to an activating group) is 1. The molecular weight excluding hydrogens is 262 g/mol. The molecule has 0 aromatic heterocycles. The van der Waals surface area contributed by atoms with Crippen LogP contribution in [0.4, 0.5) is 0 Å². The van der Waals surface area contributed by atoms with Gasteiger partial charge in [0.25, 0.3) is 0 Å². The van der Waals surface area contributed by atoms with Gasteiger partial charge < -0.3 is 10.5 Å². The number of hydrogen-bond acceptors (Lipinski definition) is 4. The zero-order valence-electron chi connectivity index (χ0n) is 14.0. The monoisotopic (exact) mass is 291 g/mol. The van der Waals surface area contributed by atoms with Crippen LogP contribution in [0.2, 0.25) is 0 Å². The maximum absolute atomic E-state index is 6.46. The minimum atomic E-state index is -0.0148. The van der Waals surface area contributed by atoms with Crippen molar-refractivity contribution in [2.75, 3.05) is 40.3 Å². The smallest absolute Gasteiger partial charge is 0.123 e. The average molecular weight is 291 g/mol. The lowest BCUT2D eigenvalue weighted by atomic mass is 9.98. The predicted molar refractivity (Wildman–Crippen MR) is 87.8 cm³/mol. The molecule has 0 radical (unpaired) electrons. The van der Waals surface area contributed by atoms with Crippen LogP contribution in [0.3, 0.4) is 0 Å². The standard InChI is InChI=1S/C17H29N3O/c1-13-6-7-16(21-5)14(10-13)15(18)11-20-9-8-19(4)17(2,3)12-20/h6-7,10,15H,8-9,11-12,18H2,1-5H3. The summed E-state index contributed by atoms with van der Waals surface area (Å²) in [6, 6.07) is 6.20. The first-order valence-corrected chi connectivity index (χ1v) is 7.67. The Morgan fingerprint density at radius 3 is 2.67 bits per heavy atom. The molecule has 1 aliphatic rings. The second kappa shape index (κ2) is 6.34. The molecule has 2 rings (SSSR count). The number of hydrogen-bond donors (Lipinski definition) is 1. The van der Waals surface area contributed by atoms with E-state index < -0.39 is 0 Å². The Balaban J connectivity index is 2.08. The molecule has 0 aliphatic carbocycles. The van der Waals surface area contributed by atoms with Gasteiger partial charge in [-0.2, -0.15) is 0 Å². The quantitative estimate of drug-likeness (QED) is 0.921. The molecule has 1 atom stereocenters. The lowest BCUT2D eigenvalue weighted by molar-refractivity contribution is 0.0371. The van der Waals surface area contributed by atoms with Gasteiger partial charge in [-0.25, -0.2) is 0 Å². The van der Waals surface area contributed by atoms with Crippen molar-refractivity contribution in [2.45, 2.75) is 32.4 Å². The van der Waals surface area contributed by atoms with E-state index in [0.29, 0.717) is 0 Å². The van der Waals surface area contributed by atoms with Crippen LogP contribution in [-0.2, 0) is 0 Å². The van der Waals surface area contributed by atoms with Crippen LogP contribution in [0.5, 0.6) is 5.75 Å². The maximum Gasteiger partial charge on any atom is 0.123 e. The molecular formula is C17H29N3O. The van der Waals surface area contributed by atoms with Gasteiger partial charge in [0, 0.05) is 43.3 Å². The highest BCUT2D eigenvalue weighted by Gasteiger charge is 2.31. The van der Waals surface area contributed by atoms with E-state index in [1.165, 1.54) is 5.56 Å². The van der Waals surface area contributed by atoms with Gasteiger partial charge in [0.1, 0.15) is 5.75 Å². The maximum atomic E-state index is 6.46. The largest absolute Gasteiger partial charge is 0.496 e. The first-order valence-electron chi connectivity index (χ1n) is 7.67. The topological polar surface area (TPSA) is 41.7 Å². The molecule has 2 N–H and O–H groups in total. The second-order valence-corrected chi connectivity index (χ2v) is 6.82. The lowest BCUT2D eigenvalue weighted by Gasteiger charge is -2.46. The van der Waals surface area contributed by atoms with Gasteiger partial charge in [0.05, 0.1) is 7.11 Å². The first kappa shape index (κ1) is 16.3. The van der Waals surface area contributed by atoms with Crippen LogP contribution in [0, 0.1) is 6.92 Å². The Labute approximate surface area is 128 Å². The van der Waals surface area contributed by atoms with Gasteiger partial charge in [-0.1, -0.05) is 17.7 Å². The Morgan fingerprint density at radius 1 is 1.33 bits per heavy atom. The summed E-state index contributed by atoms with van der Waals surface area (Å²) in [6.07, 6.45) is 0. The second-order valence-electron chi connectivity index (χ2n) is 6.82. The Morgan fingerprint density at radius 2 is 2.05 bits per heavy atom. The minimum Gasteiger partial charge on any atom is -0.496 e. The molecule has 1 saturated heterocycles. The molecule has 1 aromatic carbocycles. The summed E-state index contributed by atoms with van der Waals surface area (Å²) in [5.74, 6) is 0.890. The Hall–Kier alpha value is -1.10. The zero-order valence-corrected chi connectivity index (χ0v) is 14.0. The summed E-state index contributed by atoms with van der Waals surface area (Å²) in [5, 5.41) is 0. The SMILES string of the molecule is COc1ccc(C)cc1C(N)CN1CCN(C)C(C)(C)C1. The highest BCUT2D eigenvalue weighted by Crippen LogP contribution is 2.27. The molecule has 0 bridgehead atoms. The van der Waals surface area contributed by atoms with E-state index in [1.54, 1.807) is 7.11 Å². The van der Waals surface area contributed by atoms with Gasteiger partial charge in [-0.05, 0) is 33.9 Å². The molecule has 21 heavy (non-hydrogen) atoms. The van der Waals surface area contributed by atoms with E-state index in [2.05, 4.69) is 49.8 Å². The lowest BCUT2D eigenvalue weighted by Crippen LogP contribution is -2.58. The summed E-state index contributed by atoms with van der Waals surface area (Å²) in [6.45, 7) is 10.7. The van der Waals surface area contributed by atoms with Crippen molar-refractivity contribution in [3.05, 3.63) is 29.3 Å². The van der Waals surface area contributed by atoms with Crippen molar-refractivity contribution in [1.82, 2.24) is 9.80 Å². The van der Waals surface area contributed by atoms with Gasteiger partial charge in [0.15, 0.2) is 0 Å². The first-order chi connectivity index (χ1) is 9.83. The van der Waals surface area contributed by atoms with Crippen LogP contribution in [0.25, 0.3) is 0 Å². The molecule has 1 aliphatic heterocycles. The number of piperazine rings is 1. The minimum absolute atomic E-state index is 0.0148. The molecule has 4 nitrogen and oxygen atoms in total. The molecule has 118 valence electrons. The van der Waals surface area contributed by atoms with Gasteiger partial charge >= 0.3 is 0 Å². The van der Waals surface area contributed by atoms with Crippen LogP contribution in [0.1, 0.15) is 31.0 Å². The summed E-state index contributed by atoms with van der Waals surface area (Å²) < 4.78 is 5.46. The molecule has 0 saturated carbocycles. The summed E-state index contributed by atoms with van der Waals surface area (Å²) >= 11 is 0. The third-order valence-electron chi connectivity index (χ3n) is 4.64. The van der Waals surface area contributed by atoms with E-state index in [1.807, 2.05) is 6.07 Å². The van der Waals surface area contributed by atoms with Crippen LogP contribution in [0.15, 0.2) is 18.2 Å². The molecule has 4 heteroatoms. The van der Waals surface area contributed by atoms with Crippen molar-refractivity contribution < 1.29 is 4.74 Å². The number of nitrogens with zero attached hydrogens (tertiary/aromatic N) is 2. The van der Waals surface area contributed by atoms with Crippen molar-refractivity contribution in [1.29, 1.82) is 0 Å². The fraction of sp³-hybridized carbons (Fsp3) is 0.647. The number of aryl methyl sites for hydroxylation is 1. The fourth-order valence-corrected chi connectivity index (χ4v) is 3.02. The highest BCUT2D eigenvalue weighted by atomic mass is 16.5. The molecule has 1 unspecified atom stereocenters. The molecule has 1 aromatic rings. The van der Waals surface area contributed by atoms with Gasteiger partial charge in [-0.3, -0.25) is 9.80 Å². The van der Waals surface area contributed by atoms with E-state index in [0.717, 1.165) is 37.5 Å². The predicted octanol–water partition coefficient (Wildman–Crippen LogP) is 2.03. The summed E-state index contributed by atoms with van der Waals surface area (Å²) in [5.41, 5.74) is 8.99. The van der Waals surface area contributed by atoms with Crippen molar-refractivity contribution in [2.24, 2.45) is 5.73 Å². The van der Waals surface area contributed by atoms with Crippen molar-refractivity contribution in [3.8, 4) is 5.75 Å². The van der Waals surface area contributed by atoms with Crippen molar-refractivity contribution >= 4 is 0 Å². The van der Waals surface area contributed by atoms with E-state index in [9.17, 15) is 0 Å². The van der Waals surface area contributed by atoms with Gasteiger partial charge in [0.2, 0.25) is 0 Å². The van der Waals surface area contributed by atoms with Crippen molar-refractivity contribution in [3.63, 3.8) is 0 Å². The number of nitrogens with two attached hydrogens (primary N) is 1. The van der Waals surface area contributed by atoms with Crippen LogP contribution < -0.4 is 10.5 Å². The zero-order chi connectivity index (χ0) is 15.6. The molecule has 0 amide bonds. The Bertz CT molecular complexity index is 487. The highest BCUT2D eigenvalue weighted by molar-refractivity contribution is 5.39. The molecule has 0 spiro atoms.